The zero-order chi connectivity index (χ0) is 19.4. The molecule has 2 aliphatic rings. The first-order chi connectivity index (χ1) is 13.7. The van der Waals surface area contributed by atoms with Gasteiger partial charge in [-0.2, -0.15) is 0 Å². The van der Waals surface area contributed by atoms with E-state index in [1.807, 2.05) is 59.5 Å². The summed E-state index contributed by atoms with van der Waals surface area (Å²) >= 11 is 0. The van der Waals surface area contributed by atoms with Gasteiger partial charge in [0.15, 0.2) is 0 Å². The third-order valence-electron chi connectivity index (χ3n) is 5.84. The van der Waals surface area contributed by atoms with Crippen LogP contribution in [0.3, 0.4) is 0 Å². The van der Waals surface area contributed by atoms with E-state index in [2.05, 4.69) is 5.32 Å². The van der Waals surface area contributed by atoms with Crippen molar-refractivity contribution in [3.63, 3.8) is 0 Å². The fraction of sp³-hybridized carbons (Fsp3) is 0.391. The van der Waals surface area contributed by atoms with Crippen LogP contribution in [0.5, 0.6) is 5.75 Å². The number of hydrogen-bond donors (Lipinski definition) is 1. The predicted octanol–water partition coefficient (Wildman–Crippen LogP) is 3.08. The van der Waals surface area contributed by atoms with Crippen molar-refractivity contribution in [2.24, 2.45) is 0 Å². The van der Waals surface area contributed by atoms with Gasteiger partial charge in [-0.05, 0) is 24.5 Å². The molecule has 0 aromatic heterocycles. The number of para-hydroxylation sites is 1. The first kappa shape index (κ1) is 18.5. The number of rotatable bonds is 5. The Morgan fingerprint density at radius 2 is 1.75 bits per heavy atom. The van der Waals surface area contributed by atoms with Gasteiger partial charge in [-0.3, -0.25) is 9.59 Å². The van der Waals surface area contributed by atoms with Crippen LogP contribution >= 0.6 is 0 Å². The average Bonchev–Trinajstić information content (AvgIpc) is 3.20. The highest BCUT2D eigenvalue weighted by atomic mass is 16.5. The molecule has 0 atom stereocenters. The summed E-state index contributed by atoms with van der Waals surface area (Å²) in [4.78, 5) is 27.6. The van der Waals surface area contributed by atoms with Crippen LogP contribution in [-0.4, -0.2) is 35.3 Å². The summed E-state index contributed by atoms with van der Waals surface area (Å²) in [6.45, 7) is 1.57. The Hall–Kier alpha value is -2.82. The first-order valence-electron chi connectivity index (χ1n) is 10.0. The number of hydrogen-bond acceptors (Lipinski definition) is 3. The number of carbonyl (C=O) groups excluding carboxylic acids is 2. The van der Waals surface area contributed by atoms with Crippen LogP contribution in [0.1, 0.15) is 36.8 Å². The van der Waals surface area contributed by atoms with Crippen LogP contribution in [0.25, 0.3) is 0 Å². The third-order valence-corrected chi connectivity index (χ3v) is 5.84. The standard InChI is InChI=1S/C23H26N2O3/c26-21(25-15-14-24-22(27)23(25)12-6-7-13-23)16-19-10-4-5-11-20(19)28-17-18-8-2-1-3-9-18/h1-5,8-11H,6-7,12-17H2,(H,24,27). The number of nitrogens with one attached hydrogen (secondary N) is 1. The minimum atomic E-state index is -0.644. The first-order valence-corrected chi connectivity index (χ1v) is 10.0. The van der Waals surface area contributed by atoms with E-state index in [4.69, 9.17) is 4.74 Å². The van der Waals surface area contributed by atoms with E-state index in [1.165, 1.54) is 0 Å². The highest BCUT2D eigenvalue weighted by molar-refractivity contribution is 5.93. The van der Waals surface area contributed by atoms with Crippen molar-refractivity contribution in [1.29, 1.82) is 0 Å². The molecule has 2 aromatic carbocycles. The molecule has 1 saturated heterocycles. The van der Waals surface area contributed by atoms with Crippen LogP contribution in [0.15, 0.2) is 54.6 Å². The second-order valence-corrected chi connectivity index (χ2v) is 7.60. The van der Waals surface area contributed by atoms with Crippen LogP contribution < -0.4 is 10.1 Å². The number of piperazine rings is 1. The van der Waals surface area contributed by atoms with E-state index in [0.717, 1.165) is 42.6 Å². The van der Waals surface area contributed by atoms with Gasteiger partial charge in [0.05, 0.1) is 6.42 Å². The Kier molecular flexibility index (Phi) is 5.33. The lowest BCUT2D eigenvalue weighted by Gasteiger charge is -2.43. The second-order valence-electron chi connectivity index (χ2n) is 7.60. The van der Waals surface area contributed by atoms with Crippen molar-refractivity contribution in [1.82, 2.24) is 10.2 Å². The fourth-order valence-corrected chi connectivity index (χ4v) is 4.39. The van der Waals surface area contributed by atoms with Gasteiger partial charge in [-0.1, -0.05) is 61.4 Å². The van der Waals surface area contributed by atoms with Gasteiger partial charge in [-0.25, -0.2) is 0 Å². The highest BCUT2D eigenvalue weighted by Crippen LogP contribution is 2.37. The van der Waals surface area contributed by atoms with Crippen LogP contribution in [0, 0.1) is 0 Å². The van der Waals surface area contributed by atoms with Gasteiger partial charge in [0.2, 0.25) is 11.8 Å². The molecular weight excluding hydrogens is 352 g/mol. The summed E-state index contributed by atoms with van der Waals surface area (Å²) < 4.78 is 6.00. The van der Waals surface area contributed by atoms with Gasteiger partial charge in [0, 0.05) is 18.7 Å². The molecule has 2 fully saturated rings. The zero-order valence-corrected chi connectivity index (χ0v) is 16.0. The normalized spacial score (nSPS) is 18.1. The molecule has 28 heavy (non-hydrogen) atoms. The Morgan fingerprint density at radius 1 is 1.04 bits per heavy atom. The molecule has 1 heterocycles. The number of amides is 2. The number of ether oxygens (including phenoxy) is 1. The summed E-state index contributed by atoms with van der Waals surface area (Å²) in [5.41, 5.74) is 1.30. The van der Waals surface area contributed by atoms with Crippen LogP contribution in [0.2, 0.25) is 0 Å². The molecule has 4 rings (SSSR count). The molecule has 0 radical (unpaired) electrons. The quantitative estimate of drug-likeness (QED) is 0.870. The lowest BCUT2D eigenvalue weighted by Crippen LogP contribution is -2.65. The molecule has 1 aliphatic carbocycles. The van der Waals surface area contributed by atoms with Gasteiger partial charge in [0.25, 0.3) is 0 Å². The molecule has 5 nitrogen and oxygen atoms in total. The van der Waals surface area contributed by atoms with Crippen molar-refractivity contribution in [2.45, 2.75) is 44.2 Å². The number of carbonyl (C=O) groups is 2. The summed E-state index contributed by atoms with van der Waals surface area (Å²) in [6, 6.07) is 17.7. The predicted molar refractivity (Wildman–Crippen MR) is 107 cm³/mol. The lowest BCUT2D eigenvalue weighted by atomic mass is 9.91. The molecule has 5 heteroatoms. The largest absolute Gasteiger partial charge is 0.489 e. The van der Waals surface area contributed by atoms with Gasteiger partial charge < -0.3 is 15.0 Å². The number of nitrogens with zero attached hydrogens (tertiary/aromatic N) is 1. The lowest BCUT2D eigenvalue weighted by molar-refractivity contribution is -0.150. The second kappa shape index (κ2) is 8.05. The van der Waals surface area contributed by atoms with Gasteiger partial charge >= 0.3 is 0 Å². The molecular formula is C23H26N2O3. The van der Waals surface area contributed by atoms with E-state index < -0.39 is 5.54 Å². The van der Waals surface area contributed by atoms with Crippen molar-refractivity contribution < 1.29 is 14.3 Å². The van der Waals surface area contributed by atoms with E-state index >= 15 is 0 Å². The van der Waals surface area contributed by atoms with Crippen molar-refractivity contribution >= 4 is 11.8 Å². The maximum absolute atomic E-state index is 13.2. The smallest absolute Gasteiger partial charge is 0.246 e. The summed E-state index contributed by atoms with van der Waals surface area (Å²) in [7, 11) is 0. The molecule has 1 saturated carbocycles. The van der Waals surface area contributed by atoms with Crippen LogP contribution in [-0.2, 0) is 22.6 Å². The molecule has 2 amide bonds. The molecule has 146 valence electrons. The molecule has 1 N–H and O–H groups in total. The van der Waals surface area contributed by atoms with E-state index in [-0.39, 0.29) is 18.2 Å². The Morgan fingerprint density at radius 3 is 2.54 bits per heavy atom. The minimum Gasteiger partial charge on any atom is -0.489 e. The monoisotopic (exact) mass is 378 g/mol. The summed E-state index contributed by atoms with van der Waals surface area (Å²) in [5.74, 6) is 0.743. The SMILES string of the molecule is O=C(Cc1ccccc1OCc1ccccc1)N1CCNC(=O)C12CCCC2. The average molecular weight is 378 g/mol. The molecule has 0 unspecified atom stereocenters. The fourth-order valence-electron chi connectivity index (χ4n) is 4.39. The molecule has 0 bridgehead atoms. The topological polar surface area (TPSA) is 58.6 Å². The third kappa shape index (κ3) is 3.61. The highest BCUT2D eigenvalue weighted by Gasteiger charge is 2.49. The zero-order valence-electron chi connectivity index (χ0n) is 16.0. The van der Waals surface area contributed by atoms with E-state index in [1.54, 1.807) is 0 Å². The summed E-state index contributed by atoms with van der Waals surface area (Å²) in [6.07, 6.45) is 3.76. The molecule has 1 aliphatic heterocycles. The Bertz CT molecular complexity index is 844. The maximum atomic E-state index is 13.2. The van der Waals surface area contributed by atoms with Gasteiger partial charge in [0.1, 0.15) is 17.9 Å². The number of benzene rings is 2. The van der Waals surface area contributed by atoms with Crippen molar-refractivity contribution in [3.05, 3.63) is 65.7 Å². The van der Waals surface area contributed by atoms with Crippen LogP contribution in [0.4, 0.5) is 0 Å². The maximum Gasteiger partial charge on any atom is 0.246 e. The molecule has 2 aromatic rings. The van der Waals surface area contributed by atoms with E-state index in [0.29, 0.717) is 19.7 Å². The van der Waals surface area contributed by atoms with Gasteiger partial charge in [-0.15, -0.1) is 0 Å². The van der Waals surface area contributed by atoms with Crippen molar-refractivity contribution in [2.75, 3.05) is 13.1 Å². The minimum absolute atomic E-state index is 0.00695. The van der Waals surface area contributed by atoms with E-state index in [9.17, 15) is 9.59 Å². The summed E-state index contributed by atoms with van der Waals surface area (Å²) in [5, 5.41) is 2.96. The van der Waals surface area contributed by atoms with Crippen molar-refractivity contribution in [3.8, 4) is 5.75 Å². The Labute approximate surface area is 165 Å². The Balaban J connectivity index is 1.49. The molecule has 1 spiro atoms.